The van der Waals surface area contributed by atoms with E-state index in [0.717, 1.165) is 35.2 Å². The molecule has 1 saturated carbocycles. The maximum absolute atomic E-state index is 15.3. The molecule has 5 nitrogen and oxygen atoms in total. The highest BCUT2D eigenvalue weighted by Gasteiger charge is 2.59. The molecule has 0 radical (unpaired) electrons. The summed E-state index contributed by atoms with van der Waals surface area (Å²) < 4.78 is 21.2. The Morgan fingerprint density at radius 3 is 2.77 bits per heavy atom. The van der Waals surface area contributed by atoms with Crippen LogP contribution in [0.5, 0.6) is 5.88 Å². The number of carbonyl (C=O) groups is 1. The van der Waals surface area contributed by atoms with E-state index < -0.39 is 5.97 Å². The number of aliphatic carboxylic acids is 1. The van der Waals surface area contributed by atoms with Crippen molar-refractivity contribution in [3.63, 3.8) is 0 Å². The number of fused-ring (bicyclic) bond motifs is 4. The number of halogens is 1. The van der Waals surface area contributed by atoms with E-state index in [-0.39, 0.29) is 41.6 Å². The predicted molar refractivity (Wildman–Crippen MR) is 130 cm³/mol. The van der Waals surface area contributed by atoms with Gasteiger partial charge in [-0.3, -0.25) is 4.79 Å². The van der Waals surface area contributed by atoms with Crippen molar-refractivity contribution in [3.05, 3.63) is 93.4 Å². The van der Waals surface area contributed by atoms with Crippen LogP contribution in [0.25, 0.3) is 0 Å². The molecule has 4 atom stereocenters. The molecule has 3 aliphatic rings. The lowest BCUT2D eigenvalue weighted by atomic mass is 9.74. The molecule has 2 heterocycles. The average Bonchev–Trinajstić information content (AvgIpc) is 3.41. The molecule has 6 rings (SSSR count). The first-order valence-electron chi connectivity index (χ1n) is 12.2. The Bertz CT molecular complexity index is 1350. The van der Waals surface area contributed by atoms with Gasteiger partial charge in [-0.15, -0.1) is 0 Å². The van der Waals surface area contributed by atoms with Gasteiger partial charge in [0.15, 0.2) is 0 Å². The number of carboxylic acids is 1. The number of aryl methyl sites for hydroxylation is 1. The Morgan fingerprint density at radius 1 is 1.20 bits per heavy atom. The van der Waals surface area contributed by atoms with Crippen LogP contribution >= 0.6 is 0 Å². The van der Waals surface area contributed by atoms with Crippen molar-refractivity contribution >= 4 is 5.97 Å². The molecule has 3 aromatic rings. The molecule has 2 N–H and O–H groups in total. The fourth-order valence-corrected chi connectivity index (χ4v) is 6.16. The third-order valence-corrected chi connectivity index (χ3v) is 8.15. The van der Waals surface area contributed by atoms with Gasteiger partial charge in [0.1, 0.15) is 12.4 Å². The summed E-state index contributed by atoms with van der Waals surface area (Å²) in [5.74, 6) is -0.574. The quantitative estimate of drug-likeness (QED) is 0.544. The Balaban J connectivity index is 1.27. The molecule has 0 saturated heterocycles. The molecule has 1 unspecified atom stereocenters. The lowest BCUT2D eigenvalue weighted by Gasteiger charge is -2.39. The molecular formula is C29H29FN2O3. The normalized spacial score (nSPS) is 25.4. The van der Waals surface area contributed by atoms with E-state index >= 15 is 4.39 Å². The molecule has 6 heteroatoms. The molecule has 0 bridgehead atoms. The van der Waals surface area contributed by atoms with Crippen molar-refractivity contribution in [2.75, 3.05) is 6.54 Å². The van der Waals surface area contributed by atoms with Gasteiger partial charge in [-0.05, 0) is 64.8 Å². The van der Waals surface area contributed by atoms with Gasteiger partial charge in [0.05, 0.1) is 12.0 Å². The highest BCUT2D eigenvalue weighted by atomic mass is 19.1. The molecule has 0 amide bonds. The highest BCUT2D eigenvalue weighted by Crippen LogP contribution is 2.61. The minimum atomic E-state index is -0.726. The second-order valence-electron chi connectivity index (χ2n) is 10.9. The fraction of sp³-hybridized carbons (Fsp3) is 0.379. The van der Waals surface area contributed by atoms with E-state index in [4.69, 9.17) is 4.74 Å². The topological polar surface area (TPSA) is 71.5 Å². The highest BCUT2D eigenvalue weighted by molar-refractivity contribution is 5.77. The van der Waals surface area contributed by atoms with E-state index in [0.29, 0.717) is 11.4 Å². The number of hydrogen-bond donors (Lipinski definition) is 2. The fourth-order valence-electron chi connectivity index (χ4n) is 6.16. The lowest BCUT2D eigenvalue weighted by Crippen LogP contribution is -2.42. The summed E-state index contributed by atoms with van der Waals surface area (Å²) in [7, 11) is 0. The van der Waals surface area contributed by atoms with Crippen LogP contribution in [0.3, 0.4) is 0 Å². The molecule has 1 fully saturated rings. The summed E-state index contributed by atoms with van der Waals surface area (Å²) in [4.78, 5) is 15.7. The van der Waals surface area contributed by atoms with Crippen LogP contribution in [0, 0.1) is 24.6 Å². The van der Waals surface area contributed by atoms with Crippen molar-refractivity contribution < 1.29 is 19.0 Å². The van der Waals surface area contributed by atoms with E-state index in [1.54, 1.807) is 12.3 Å². The van der Waals surface area contributed by atoms with Crippen LogP contribution in [0.15, 0.2) is 48.7 Å². The first kappa shape index (κ1) is 22.2. The Hall–Kier alpha value is -3.25. The average molecular weight is 473 g/mol. The number of nitrogens with one attached hydrogen (secondary N) is 1. The van der Waals surface area contributed by atoms with E-state index in [1.165, 1.54) is 11.1 Å². The molecule has 1 aliphatic heterocycles. The van der Waals surface area contributed by atoms with Crippen molar-refractivity contribution in [2.24, 2.45) is 11.8 Å². The largest absolute Gasteiger partial charge is 0.481 e. The molecular weight excluding hydrogens is 443 g/mol. The van der Waals surface area contributed by atoms with Gasteiger partial charge in [-0.25, -0.2) is 9.37 Å². The van der Waals surface area contributed by atoms with Crippen LogP contribution in [0.1, 0.15) is 64.8 Å². The number of benzene rings is 2. The minimum Gasteiger partial charge on any atom is -0.481 e. The number of rotatable bonds is 5. The van der Waals surface area contributed by atoms with Crippen LogP contribution in [-0.4, -0.2) is 22.6 Å². The van der Waals surface area contributed by atoms with Gasteiger partial charge in [-0.1, -0.05) is 38.1 Å². The Kier molecular flexibility index (Phi) is 5.01. The van der Waals surface area contributed by atoms with Crippen LogP contribution in [0.4, 0.5) is 4.39 Å². The summed E-state index contributed by atoms with van der Waals surface area (Å²) in [5, 5.41) is 13.0. The number of carboxylic acid groups (broad SMARTS) is 1. The van der Waals surface area contributed by atoms with E-state index in [1.807, 2.05) is 24.3 Å². The molecule has 180 valence electrons. The third-order valence-electron chi connectivity index (χ3n) is 8.15. The SMILES string of the molecule is Cc1ccccc1C1NCC(C)(C)c2cc(F)c(COc3cc4c(cn3)[C@H]3[C@@H](C4)[C@@H]3C(=O)O)cc21. The van der Waals surface area contributed by atoms with Gasteiger partial charge in [0.25, 0.3) is 0 Å². The number of ether oxygens (including phenoxy) is 1. The first-order chi connectivity index (χ1) is 16.7. The van der Waals surface area contributed by atoms with Crippen molar-refractivity contribution in [1.29, 1.82) is 0 Å². The number of nitrogens with zero attached hydrogens (tertiary/aromatic N) is 1. The van der Waals surface area contributed by atoms with Gasteiger partial charge < -0.3 is 15.2 Å². The van der Waals surface area contributed by atoms with Crippen molar-refractivity contribution in [3.8, 4) is 5.88 Å². The molecule has 2 aliphatic carbocycles. The zero-order valence-corrected chi connectivity index (χ0v) is 20.1. The smallest absolute Gasteiger partial charge is 0.307 e. The van der Waals surface area contributed by atoms with Gasteiger partial charge >= 0.3 is 5.97 Å². The minimum absolute atomic E-state index is 0.00870. The summed E-state index contributed by atoms with van der Waals surface area (Å²) in [6, 6.07) is 13.8. The van der Waals surface area contributed by atoms with Gasteiger partial charge in [-0.2, -0.15) is 0 Å². The number of pyridine rings is 1. The molecule has 35 heavy (non-hydrogen) atoms. The Morgan fingerprint density at radius 2 is 2.00 bits per heavy atom. The summed E-state index contributed by atoms with van der Waals surface area (Å²) in [5.41, 5.74) is 6.92. The second-order valence-corrected chi connectivity index (χ2v) is 10.9. The number of hydrogen-bond acceptors (Lipinski definition) is 4. The van der Waals surface area contributed by atoms with Crippen LogP contribution in [0.2, 0.25) is 0 Å². The monoisotopic (exact) mass is 472 g/mol. The third kappa shape index (κ3) is 3.62. The van der Waals surface area contributed by atoms with Crippen molar-refractivity contribution in [2.45, 2.75) is 51.2 Å². The lowest BCUT2D eigenvalue weighted by molar-refractivity contribution is -0.139. The first-order valence-corrected chi connectivity index (χ1v) is 12.2. The molecule has 0 spiro atoms. The van der Waals surface area contributed by atoms with E-state index in [9.17, 15) is 9.90 Å². The van der Waals surface area contributed by atoms with Crippen LogP contribution in [-0.2, 0) is 23.2 Å². The van der Waals surface area contributed by atoms with Gasteiger partial charge in [0, 0.05) is 35.7 Å². The van der Waals surface area contributed by atoms with Crippen LogP contribution < -0.4 is 10.1 Å². The summed E-state index contributed by atoms with van der Waals surface area (Å²) >= 11 is 0. The summed E-state index contributed by atoms with van der Waals surface area (Å²) in [6.45, 7) is 7.22. The summed E-state index contributed by atoms with van der Waals surface area (Å²) in [6.07, 6.45) is 2.48. The van der Waals surface area contributed by atoms with Gasteiger partial charge in [0.2, 0.25) is 5.88 Å². The maximum atomic E-state index is 15.3. The standard InChI is InChI=1S/C29H29FN2O3/c1-15-6-4-5-7-18(15)27-19-9-17(23(30)11-22(19)29(2,3)14-32-27)13-35-24-10-16-8-20-25(21(16)12-31-24)26(20)28(33)34/h4-7,9-12,20,25-27,32H,8,13-14H2,1-3H3,(H,33,34)/t20-,25-,26+,27?/m1/s1. The number of aromatic nitrogens is 1. The van der Waals surface area contributed by atoms with E-state index in [2.05, 4.69) is 43.2 Å². The molecule has 1 aromatic heterocycles. The Labute approximate surface area is 204 Å². The van der Waals surface area contributed by atoms with Crippen molar-refractivity contribution in [1.82, 2.24) is 10.3 Å². The zero-order valence-electron chi connectivity index (χ0n) is 20.1. The molecule has 2 aromatic carbocycles. The second kappa shape index (κ2) is 7.89. The zero-order chi connectivity index (χ0) is 24.5. The predicted octanol–water partition coefficient (Wildman–Crippen LogP) is 5.05. The maximum Gasteiger partial charge on any atom is 0.307 e.